The lowest BCUT2D eigenvalue weighted by Crippen LogP contribution is -2.58. The molecule has 0 aromatic carbocycles. The number of ether oxygens (including phenoxy) is 6. The molecule has 2 heterocycles. The average molecular weight is 361 g/mol. The summed E-state index contributed by atoms with van der Waals surface area (Å²) in [4.78, 5) is 24.5. The first-order valence-electron chi connectivity index (χ1n) is 8.05. The van der Waals surface area contributed by atoms with Crippen LogP contribution in [0.1, 0.15) is 34.6 Å². The Bertz CT molecular complexity index is 529. The van der Waals surface area contributed by atoms with Gasteiger partial charge in [0, 0.05) is 7.11 Å². The molecule has 0 aliphatic carbocycles. The number of hydrogen-bond acceptors (Lipinski definition) is 8. The summed E-state index contributed by atoms with van der Waals surface area (Å²) >= 11 is 0. The summed E-state index contributed by atoms with van der Waals surface area (Å²) in [5.41, 5.74) is -2.28. The third-order valence-corrected chi connectivity index (χ3v) is 3.84. The lowest BCUT2D eigenvalue weighted by Gasteiger charge is -2.32. The zero-order chi connectivity index (χ0) is 19.0. The van der Waals surface area contributed by atoms with E-state index in [4.69, 9.17) is 28.4 Å². The van der Waals surface area contributed by atoms with E-state index < -0.39 is 47.5 Å². The Kier molecular flexibility index (Phi) is 5.34. The summed E-state index contributed by atoms with van der Waals surface area (Å²) in [5, 5.41) is 2.54. The number of alkyl carbamates (subject to hydrolysis) is 1. The number of hydrogen-bond donors (Lipinski definition) is 1. The molecule has 0 radical (unpaired) electrons. The zero-order valence-corrected chi connectivity index (χ0v) is 15.7. The van der Waals surface area contributed by atoms with Crippen molar-refractivity contribution in [1.29, 1.82) is 0 Å². The van der Waals surface area contributed by atoms with Crippen LogP contribution in [-0.4, -0.2) is 68.3 Å². The molecule has 0 spiro atoms. The van der Waals surface area contributed by atoms with E-state index in [1.165, 1.54) is 14.2 Å². The van der Waals surface area contributed by atoms with Gasteiger partial charge < -0.3 is 33.7 Å². The standard InChI is InChI=1S/C16H27NO8/c1-14(2,3)25-13(19)17-8-16(12(18)21-7)10-9(11(20-6)24-16)22-15(4,5)23-10/h9-11H,8H2,1-7H3,(H,17,19)/t9?,10?,11-,16-/m1/s1. The number of fused-ring (bicyclic) bond motifs is 1. The first kappa shape index (κ1) is 19.9. The summed E-state index contributed by atoms with van der Waals surface area (Å²) in [6.45, 7) is 8.45. The van der Waals surface area contributed by atoms with Crippen LogP contribution in [0, 0.1) is 0 Å². The van der Waals surface area contributed by atoms with Crippen molar-refractivity contribution in [2.45, 2.75) is 70.1 Å². The van der Waals surface area contributed by atoms with Gasteiger partial charge in [0.05, 0.1) is 13.7 Å². The Morgan fingerprint density at radius 2 is 1.76 bits per heavy atom. The normalized spacial score (nSPS) is 33.6. The number of carbonyl (C=O) groups is 2. The second kappa shape index (κ2) is 6.71. The van der Waals surface area contributed by atoms with Crippen molar-refractivity contribution in [1.82, 2.24) is 5.32 Å². The highest BCUT2D eigenvalue weighted by Crippen LogP contribution is 2.44. The van der Waals surface area contributed by atoms with Gasteiger partial charge >= 0.3 is 12.1 Å². The maximum absolute atomic E-state index is 12.5. The van der Waals surface area contributed by atoms with Crippen LogP contribution in [0.25, 0.3) is 0 Å². The SMILES string of the molecule is COC(=O)[C@]1(CNC(=O)OC(C)(C)C)O[C@@H](OC)C2OC(C)(C)OC21. The molecule has 9 heteroatoms. The molecule has 2 aliphatic heterocycles. The van der Waals surface area contributed by atoms with Crippen molar-refractivity contribution < 1.29 is 38.0 Å². The number of carbonyl (C=O) groups excluding carboxylic acids is 2. The second-order valence-corrected chi connectivity index (χ2v) is 7.48. The van der Waals surface area contributed by atoms with E-state index in [0.29, 0.717) is 0 Å². The monoisotopic (exact) mass is 361 g/mol. The molecule has 0 bridgehead atoms. The largest absolute Gasteiger partial charge is 0.467 e. The van der Waals surface area contributed by atoms with Gasteiger partial charge in [-0.3, -0.25) is 0 Å². The third-order valence-electron chi connectivity index (χ3n) is 3.84. The van der Waals surface area contributed by atoms with E-state index in [2.05, 4.69) is 5.32 Å². The van der Waals surface area contributed by atoms with Crippen molar-refractivity contribution in [2.24, 2.45) is 0 Å². The van der Waals surface area contributed by atoms with E-state index >= 15 is 0 Å². The van der Waals surface area contributed by atoms with Crippen LogP contribution in [0.5, 0.6) is 0 Å². The first-order valence-corrected chi connectivity index (χ1v) is 8.05. The van der Waals surface area contributed by atoms with Gasteiger partial charge in [0.1, 0.15) is 17.8 Å². The predicted octanol–water partition coefficient (Wildman–Crippen LogP) is 0.946. The summed E-state index contributed by atoms with van der Waals surface area (Å²) in [6.07, 6.45) is -2.98. The molecule has 0 saturated carbocycles. The van der Waals surface area contributed by atoms with Gasteiger partial charge in [-0.15, -0.1) is 0 Å². The zero-order valence-electron chi connectivity index (χ0n) is 15.7. The Morgan fingerprint density at radius 3 is 2.28 bits per heavy atom. The van der Waals surface area contributed by atoms with Crippen LogP contribution in [0.3, 0.4) is 0 Å². The molecule has 25 heavy (non-hydrogen) atoms. The summed E-state index contributed by atoms with van der Waals surface area (Å²) in [6, 6.07) is 0. The highest BCUT2D eigenvalue weighted by molar-refractivity contribution is 5.82. The van der Waals surface area contributed by atoms with Crippen molar-refractivity contribution in [3.05, 3.63) is 0 Å². The van der Waals surface area contributed by atoms with E-state index in [1.54, 1.807) is 34.6 Å². The summed E-state index contributed by atoms with van der Waals surface area (Å²) < 4.78 is 32.8. The lowest BCUT2D eigenvalue weighted by atomic mass is 9.95. The molecule has 2 saturated heterocycles. The molecular formula is C16H27NO8. The van der Waals surface area contributed by atoms with Gasteiger partial charge in [0.25, 0.3) is 0 Å². The fourth-order valence-corrected chi connectivity index (χ4v) is 2.94. The molecule has 2 unspecified atom stereocenters. The van der Waals surface area contributed by atoms with Gasteiger partial charge in [-0.05, 0) is 34.6 Å². The van der Waals surface area contributed by atoms with E-state index in [9.17, 15) is 9.59 Å². The van der Waals surface area contributed by atoms with Gasteiger partial charge in [0.15, 0.2) is 12.1 Å². The minimum Gasteiger partial charge on any atom is -0.467 e. The van der Waals surface area contributed by atoms with Gasteiger partial charge in [0.2, 0.25) is 5.60 Å². The molecule has 2 fully saturated rings. The predicted molar refractivity (Wildman–Crippen MR) is 84.7 cm³/mol. The smallest absolute Gasteiger partial charge is 0.407 e. The fourth-order valence-electron chi connectivity index (χ4n) is 2.94. The molecule has 0 aromatic rings. The first-order chi connectivity index (χ1) is 11.4. The quantitative estimate of drug-likeness (QED) is 0.739. The number of rotatable bonds is 4. The fraction of sp³-hybridized carbons (Fsp3) is 0.875. The van der Waals surface area contributed by atoms with Crippen LogP contribution in [-0.2, 0) is 33.2 Å². The van der Waals surface area contributed by atoms with Crippen LogP contribution in [0.15, 0.2) is 0 Å². The van der Waals surface area contributed by atoms with E-state index in [1.807, 2.05) is 0 Å². The minimum absolute atomic E-state index is 0.213. The molecule has 1 N–H and O–H groups in total. The minimum atomic E-state index is -1.61. The molecule has 4 atom stereocenters. The summed E-state index contributed by atoms with van der Waals surface area (Å²) in [7, 11) is 2.67. The maximum Gasteiger partial charge on any atom is 0.407 e. The molecular weight excluding hydrogens is 334 g/mol. The molecule has 0 aromatic heterocycles. The lowest BCUT2D eigenvalue weighted by molar-refractivity contribution is -0.251. The Labute approximate surface area is 147 Å². The molecule has 9 nitrogen and oxygen atoms in total. The van der Waals surface area contributed by atoms with E-state index in [0.717, 1.165) is 0 Å². The van der Waals surface area contributed by atoms with Crippen LogP contribution >= 0.6 is 0 Å². The molecule has 144 valence electrons. The summed E-state index contributed by atoms with van der Waals surface area (Å²) in [5.74, 6) is -1.62. The molecule has 1 amide bonds. The van der Waals surface area contributed by atoms with Crippen molar-refractivity contribution in [3.8, 4) is 0 Å². The topological polar surface area (TPSA) is 102 Å². The third kappa shape index (κ3) is 4.05. The van der Waals surface area contributed by atoms with Crippen LogP contribution in [0.2, 0.25) is 0 Å². The Morgan fingerprint density at radius 1 is 1.12 bits per heavy atom. The molecule has 2 rings (SSSR count). The molecule has 2 aliphatic rings. The van der Waals surface area contributed by atoms with Crippen LogP contribution in [0.4, 0.5) is 4.79 Å². The van der Waals surface area contributed by atoms with Gasteiger partial charge in [-0.25, -0.2) is 9.59 Å². The number of esters is 1. The highest BCUT2D eigenvalue weighted by Gasteiger charge is 2.67. The van der Waals surface area contributed by atoms with Crippen LogP contribution < -0.4 is 5.32 Å². The second-order valence-electron chi connectivity index (χ2n) is 7.48. The number of nitrogens with one attached hydrogen (secondary N) is 1. The average Bonchev–Trinajstić information content (AvgIpc) is 2.94. The number of amides is 1. The number of methoxy groups -OCH3 is 2. The Balaban J connectivity index is 2.23. The Hall–Kier alpha value is -1.42. The van der Waals surface area contributed by atoms with Gasteiger partial charge in [-0.1, -0.05) is 0 Å². The van der Waals surface area contributed by atoms with Crippen molar-refractivity contribution in [2.75, 3.05) is 20.8 Å². The van der Waals surface area contributed by atoms with Gasteiger partial charge in [-0.2, -0.15) is 0 Å². The van der Waals surface area contributed by atoms with Crippen molar-refractivity contribution in [3.63, 3.8) is 0 Å². The maximum atomic E-state index is 12.5. The van der Waals surface area contributed by atoms with Crippen molar-refractivity contribution >= 4 is 12.1 Å². The van der Waals surface area contributed by atoms with E-state index in [-0.39, 0.29) is 6.54 Å². The highest BCUT2D eigenvalue weighted by atomic mass is 16.8.